The molecule has 0 aromatic heterocycles. The van der Waals surface area contributed by atoms with Crippen molar-refractivity contribution in [3.05, 3.63) is 41.5 Å². The van der Waals surface area contributed by atoms with Gasteiger partial charge in [0.2, 0.25) is 0 Å². The number of carbonyl (C=O) groups is 1. The summed E-state index contributed by atoms with van der Waals surface area (Å²) in [6.45, 7) is 0. The van der Waals surface area contributed by atoms with Crippen molar-refractivity contribution in [2.45, 2.75) is 12.2 Å². The molecule has 0 aliphatic heterocycles. The minimum atomic E-state index is -4.49. The maximum absolute atomic E-state index is 12.3. The minimum Gasteiger partial charge on any atom is -0.478 e. The predicted octanol–water partition coefficient (Wildman–Crippen LogP) is 2.35. The van der Waals surface area contributed by atoms with E-state index in [-0.39, 0.29) is 5.56 Å². The van der Waals surface area contributed by atoms with Crippen LogP contribution in [-0.2, 0) is 4.79 Å². The Morgan fingerprint density at radius 3 is 2.24 bits per heavy atom. The molecule has 0 amide bonds. The average molecular weight is 245 g/mol. The van der Waals surface area contributed by atoms with E-state index < -0.39 is 18.2 Å². The zero-order chi connectivity index (χ0) is 13.1. The quantitative estimate of drug-likeness (QED) is 0.803. The first-order valence-electron chi connectivity index (χ1n) is 4.64. The number of carboxylic acid groups (broad SMARTS) is 1. The summed E-state index contributed by atoms with van der Waals surface area (Å²) < 4.78 is 36.8. The summed E-state index contributed by atoms with van der Waals surface area (Å²) in [7, 11) is 0. The number of rotatable bonds is 3. The molecule has 0 saturated carbocycles. The molecule has 92 valence electrons. The Labute approximate surface area is 95.4 Å². The third-order valence-corrected chi connectivity index (χ3v) is 2.07. The van der Waals surface area contributed by atoms with Crippen LogP contribution in [0, 0.1) is 0 Å². The largest absolute Gasteiger partial charge is 0.478 e. The average Bonchev–Trinajstić information content (AvgIpc) is 2.25. The lowest BCUT2D eigenvalue weighted by molar-refractivity contribution is -0.149. The van der Waals surface area contributed by atoms with Crippen molar-refractivity contribution in [1.29, 1.82) is 0 Å². The molecule has 1 rings (SSSR count). The van der Waals surface area contributed by atoms with Crippen LogP contribution in [0.1, 0.15) is 17.2 Å². The molecule has 1 aromatic rings. The van der Waals surface area contributed by atoms with Crippen molar-refractivity contribution >= 4 is 12.0 Å². The molecular weight excluding hydrogens is 235 g/mol. The lowest BCUT2D eigenvalue weighted by atomic mass is 10.1. The Kier molecular flexibility index (Phi) is 3.90. The second-order valence-corrected chi connectivity index (χ2v) is 3.36. The number of nitrogens with two attached hydrogens (primary N) is 1. The Morgan fingerprint density at radius 2 is 1.82 bits per heavy atom. The standard InChI is InChI=1S/C11H10F3NO2/c12-11(13,14)10(15)8-4-1-7(2-5-8)3-6-9(16)17/h1-6,10H,15H2,(H,16,17)/b6-3+/t10-/m1/s1. The van der Waals surface area contributed by atoms with Gasteiger partial charge in [0.15, 0.2) is 0 Å². The van der Waals surface area contributed by atoms with E-state index in [9.17, 15) is 18.0 Å². The Morgan fingerprint density at radius 1 is 1.29 bits per heavy atom. The van der Waals surface area contributed by atoms with E-state index in [1.165, 1.54) is 30.3 Å². The summed E-state index contributed by atoms with van der Waals surface area (Å²) in [4.78, 5) is 10.2. The third-order valence-electron chi connectivity index (χ3n) is 2.07. The molecule has 0 aliphatic rings. The van der Waals surface area contributed by atoms with Gasteiger partial charge in [0, 0.05) is 6.08 Å². The van der Waals surface area contributed by atoms with Crippen molar-refractivity contribution in [2.75, 3.05) is 0 Å². The van der Waals surface area contributed by atoms with Crippen molar-refractivity contribution in [1.82, 2.24) is 0 Å². The smallest absolute Gasteiger partial charge is 0.407 e. The van der Waals surface area contributed by atoms with Gasteiger partial charge in [-0.3, -0.25) is 0 Å². The number of carboxylic acids is 1. The summed E-state index contributed by atoms with van der Waals surface area (Å²) in [6, 6.07) is 3.17. The van der Waals surface area contributed by atoms with Crippen molar-refractivity contribution in [3.63, 3.8) is 0 Å². The number of aliphatic carboxylic acids is 1. The van der Waals surface area contributed by atoms with Gasteiger partial charge in [-0.25, -0.2) is 4.79 Å². The summed E-state index contributed by atoms with van der Waals surface area (Å²) in [5.41, 5.74) is 5.43. The van der Waals surface area contributed by atoms with E-state index in [2.05, 4.69) is 0 Å². The molecule has 0 heterocycles. The van der Waals surface area contributed by atoms with E-state index in [0.29, 0.717) is 5.56 Å². The monoisotopic (exact) mass is 245 g/mol. The molecule has 0 bridgehead atoms. The highest BCUT2D eigenvalue weighted by Crippen LogP contribution is 2.30. The number of halogens is 3. The molecule has 0 unspecified atom stereocenters. The molecule has 0 saturated heterocycles. The van der Waals surface area contributed by atoms with Crippen LogP contribution in [0.5, 0.6) is 0 Å². The SMILES string of the molecule is N[C@H](c1ccc(/C=C/C(=O)O)cc1)C(F)(F)F. The summed E-state index contributed by atoms with van der Waals surface area (Å²) in [5, 5.41) is 8.37. The molecule has 3 N–H and O–H groups in total. The maximum atomic E-state index is 12.3. The first-order valence-corrected chi connectivity index (χ1v) is 4.64. The third kappa shape index (κ3) is 3.92. The molecule has 6 heteroatoms. The fraction of sp³-hybridized carbons (Fsp3) is 0.182. The fourth-order valence-electron chi connectivity index (χ4n) is 1.17. The highest BCUT2D eigenvalue weighted by atomic mass is 19.4. The zero-order valence-corrected chi connectivity index (χ0v) is 8.61. The Bertz CT molecular complexity index is 423. The lowest BCUT2D eigenvalue weighted by Gasteiger charge is -2.15. The van der Waals surface area contributed by atoms with E-state index in [0.717, 1.165) is 6.08 Å². The van der Waals surface area contributed by atoms with Crippen LogP contribution in [0.3, 0.4) is 0 Å². The molecule has 0 fully saturated rings. The highest BCUT2D eigenvalue weighted by molar-refractivity contribution is 5.85. The van der Waals surface area contributed by atoms with Crippen molar-refractivity contribution in [3.8, 4) is 0 Å². The minimum absolute atomic E-state index is 0.0648. The van der Waals surface area contributed by atoms with Gasteiger partial charge in [-0.15, -0.1) is 0 Å². The molecule has 0 radical (unpaired) electrons. The summed E-state index contributed by atoms with van der Waals surface area (Å²) in [6.07, 6.45) is -2.30. The van der Waals surface area contributed by atoms with Crippen LogP contribution in [0.15, 0.2) is 30.3 Å². The second kappa shape index (κ2) is 5.01. The molecule has 0 spiro atoms. The Balaban J connectivity index is 2.85. The van der Waals surface area contributed by atoms with Crippen molar-refractivity contribution < 1.29 is 23.1 Å². The molecule has 3 nitrogen and oxygen atoms in total. The van der Waals surface area contributed by atoms with Crippen molar-refractivity contribution in [2.24, 2.45) is 5.73 Å². The molecule has 17 heavy (non-hydrogen) atoms. The summed E-state index contributed by atoms with van der Waals surface area (Å²) in [5.74, 6) is -1.12. The van der Waals surface area contributed by atoms with E-state index in [1.807, 2.05) is 0 Å². The number of hydrogen-bond donors (Lipinski definition) is 2. The molecule has 1 atom stereocenters. The van der Waals surface area contributed by atoms with E-state index in [4.69, 9.17) is 10.8 Å². The van der Waals surface area contributed by atoms with Crippen LogP contribution >= 0.6 is 0 Å². The van der Waals surface area contributed by atoms with Gasteiger partial charge < -0.3 is 10.8 Å². The maximum Gasteiger partial charge on any atom is 0.407 e. The Hall–Kier alpha value is -1.82. The van der Waals surface area contributed by atoms with Gasteiger partial charge in [0.25, 0.3) is 0 Å². The summed E-state index contributed by atoms with van der Waals surface area (Å²) >= 11 is 0. The zero-order valence-electron chi connectivity index (χ0n) is 8.61. The number of alkyl halides is 3. The highest BCUT2D eigenvalue weighted by Gasteiger charge is 2.37. The second-order valence-electron chi connectivity index (χ2n) is 3.36. The molecule has 1 aromatic carbocycles. The van der Waals surface area contributed by atoms with Gasteiger partial charge in [-0.2, -0.15) is 13.2 Å². The topological polar surface area (TPSA) is 63.3 Å². The molecule has 0 aliphatic carbocycles. The van der Waals surface area contributed by atoms with E-state index in [1.54, 1.807) is 0 Å². The van der Waals surface area contributed by atoms with Gasteiger partial charge in [-0.05, 0) is 17.2 Å². The van der Waals surface area contributed by atoms with E-state index >= 15 is 0 Å². The van der Waals surface area contributed by atoms with Crippen LogP contribution in [-0.4, -0.2) is 17.3 Å². The van der Waals surface area contributed by atoms with Crippen LogP contribution in [0.4, 0.5) is 13.2 Å². The van der Waals surface area contributed by atoms with Gasteiger partial charge in [0.05, 0.1) is 0 Å². The number of hydrogen-bond acceptors (Lipinski definition) is 2. The normalized spacial score (nSPS) is 13.9. The predicted molar refractivity (Wildman–Crippen MR) is 56.1 cm³/mol. The lowest BCUT2D eigenvalue weighted by Crippen LogP contribution is -2.28. The first-order chi connectivity index (χ1) is 7.80. The van der Waals surface area contributed by atoms with Gasteiger partial charge >= 0.3 is 12.1 Å². The van der Waals surface area contributed by atoms with Crippen LogP contribution < -0.4 is 5.73 Å². The van der Waals surface area contributed by atoms with Gasteiger partial charge in [-0.1, -0.05) is 24.3 Å². The number of benzene rings is 1. The molecular formula is C11H10F3NO2. The first kappa shape index (κ1) is 13.2. The van der Waals surface area contributed by atoms with Gasteiger partial charge in [0.1, 0.15) is 6.04 Å². The fourth-order valence-corrected chi connectivity index (χ4v) is 1.17. The van der Waals surface area contributed by atoms with Crippen LogP contribution in [0.25, 0.3) is 6.08 Å². The van der Waals surface area contributed by atoms with Crippen LogP contribution in [0.2, 0.25) is 0 Å².